The molecule has 0 radical (unpaired) electrons. The Morgan fingerprint density at radius 1 is 1.00 bits per heavy atom. The minimum absolute atomic E-state index is 0.0255. The maximum absolute atomic E-state index is 14.8. The van der Waals surface area contributed by atoms with Gasteiger partial charge in [-0.1, -0.05) is 6.92 Å². The number of esters is 1. The molecule has 5 nitrogen and oxygen atoms in total. The zero-order valence-electron chi connectivity index (χ0n) is 17.2. The fourth-order valence-corrected chi connectivity index (χ4v) is 3.75. The summed E-state index contributed by atoms with van der Waals surface area (Å²) in [6.07, 6.45) is 0.478. The van der Waals surface area contributed by atoms with Crippen LogP contribution in [0.25, 0.3) is 0 Å². The predicted molar refractivity (Wildman–Crippen MR) is 104 cm³/mol. The lowest BCUT2D eigenvalue weighted by Crippen LogP contribution is -2.28. The molecule has 2 aromatic rings. The molecule has 1 unspecified atom stereocenters. The minimum Gasteiger partial charge on any atom is -0.463 e. The molecule has 3 N–H and O–H groups in total. The second-order valence-corrected chi connectivity index (χ2v) is 7.01. The summed E-state index contributed by atoms with van der Waals surface area (Å²) < 4.78 is 76.4. The number of benzene rings is 1. The van der Waals surface area contributed by atoms with Crippen molar-refractivity contribution in [3.05, 3.63) is 62.7 Å². The first-order chi connectivity index (χ1) is 14.6. The van der Waals surface area contributed by atoms with Crippen molar-refractivity contribution in [1.29, 1.82) is 0 Å². The molecule has 0 amide bonds. The number of rotatable bonds is 4. The topological polar surface area (TPSA) is 77.2 Å². The van der Waals surface area contributed by atoms with Crippen molar-refractivity contribution >= 4 is 17.5 Å². The van der Waals surface area contributed by atoms with E-state index in [1.54, 1.807) is 6.92 Å². The fraction of sp³-hybridized carbons (Fsp3) is 0.333. The molecule has 2 heterocycles. The van der Waals surface area contributed by atoms with Crippen molar-refractivity contribution in [3.8, 4) is 0 Å². The fourth-order valence-electron chi connectivity index (χ4n) is 3.75. The van der Waals surface area contributed by atoms with Crippen molar-refractivity contribution < 1.29 is 31.5 Å². The zero-order valence-corrected chi connectivity index (χ0v) is 17.2. The van der Waals surface area contributed by atoms with Crippen molar-refractivity contribution in [2.45, 2.75) is 40.0 Å². The molecule has 0 spiro atoms. The maximum atomic E-state index is 14.8. The molecular weight excluding hydrogens is 421 g/mol. The number of hydrogen-bond acceptors (Lipinski definition) is 5. The Kier molecular flexibility index (Phi) is 5.93. The Morgan fingerprint density at radius 3 is 2.06 bits per heavy atom. The Balaban J connectivity index is 2.46. The normalized spacial score (nSPS) is 15.6. The Labute approximate surface area is 175 Å². The Bertz CT molecular complexity index is 1100. The van der Waals surface area contributed by atoms with E-state index in [0.29, 0.717) is 17.7 Å². The van der Waals surface area contributed by atoms with Gasteiger partial charge in [-0.2, -0.15) is 0 Å². The molecule has 0 aliphatic carbocycles. The summed E-state index contributed by atoms with van der Waals surface area (Å²) in [5.74, 6) is -13.3. The molecule has 3 rings (SSSR count). The van der Waals surface area contributed by atoms with Crippen molar-refractivity contribution in [2.24, 2.45) is 0 Å². The summed E-state index contributed by atoms with van der Waals surface area (Å²) >= 11 is 0. The molecule has 166 valence electrons. The van der Waals surface area contributed by atoms with Gasteiger partial charge < -0.3 is 15.8 Å². The van der Waals surface area contributed by atoms with E-state index in [1.165, 1.54) is 13.8 Å². The number of nitrogens with two attached hydrogens (primary N) is 1. The highest BCUT2D eigenvalue weighted by Gasteiger charge is 2.41. The summed E-state index contributed by atoms with van der Waals surface area (Å²) in [5.41, 5.74) is 5.82. The van der Waals surface area contributed by atoms with Crippen molar-refractivity contribution in [2.75, 3.05) is 17.7 Å². The number of carbonyl (C=O) groups excluding carboxylic acids is 1. The van der Waals surface area contributed by atoms with Crippen LogP contribution in [0.4, 0.5) is 33.5 Å². The first kappa shape index (κ1) is 22.5. The zero-order chi connectivity index (χ0) is 23.2. The van der Waals surface area contributed by atoms with Gasteiger partial charge in [0.15, 0.2) is 23.3 Å². The van der Waals surface area contributed by atoms with Gasteiger partial charge >= 0.3 is 5.97 Å². The largest absolute Gasteiger partial charge is 0.463 e. The molecule has 0 bridgehead atoms. The van der Waals surface area contributed by atoms with Gasteiger partial charge in [-0.3, -0.25) is 0 Å². The predicted octanol–water partition coefficient (Wildman–Crippen LogP) is 4.62. The number of aromatic nitrogens is 1. The van der Waals surface area contributed by atoms with Gasteiger partial charge in [0.2, 0.25) is 5.82 Å². The summed E-state index contributed by atoms with van der Waals surface area (Å²) in [6, 6.07) is 0. The van der Waals surface area contributed by atoms with Crippen LogP contribution < -0.4 is 11.1 Å². The van der Waals surface area contributed by atoms with Gasteiger partial charge in [0, 0.05) is 28.2 Å². The quantitative estimate of drug-likeness (QED) is 0.313. The van der Waals surface area contributed by atoms with E-state index in [1.807, 2.05) is 6.92 Å². The van der Waals surface area contributed by atoms with Gasteiger partial charge in [0.25, 0.3) is 0 Å². The summed E-state index contributed by atoms with van der Waals surface area (Å²) in [4.78, 5) is 17.1. The number of aryl methyl sites for hydroxylation is 1. The van der Waals surface area contributed by atoms with Crippen LogP contribution in [0.1, 0.15) is 49.1 Å². The Hall–Kier alpha value is -3.17. The summed E-state index contributed by atoms with van der Waals surface area (Å²) in [6.45, 7) is 6.29. The third kappa shape index (κ3) is 3.39. The average molecular weight is 441 g/mol. The number of carbonyl (C=O) groups is 1. The SMILES string of the molecule is CCOC(=O)C1=C(C)Nc2nc(CC)c(C)c(N)c2C1c1c(F)c(F)c(F)c(F)c1F. The van der Waals surface area contributed by atoms with Crippen LogP contribution in [-0.2, 0) is 16.0 Å². The third-order valence-electron chi connectivity index (χ3n) is 5.28. The Morgan fingerprint density at radius 2 is 1.55 bits per heavy atom. The number of nitrogens with zero attached hydrogens (tertiary/aromatic N) is 1. The second-order valence-electron chi connectivity index (χ2n) is 7.01. The molecule has 31 heavy (non-hydrogen) atoms. The van der Waals surface area contributed by atoms with Gasteiger partial charge in [0.1, 0.15) is 5.82 Å². The molecule has 0 fully saturated rings. The van der Waals surface area contributed by atoms with Gasteiger partial charge in [-0.05, 0) is 32.8 Å². The number of pyridine rings is 1. The van der Waals surface area contributed by atoms with E-state index in [9.17, 15) is 26.7 Å². The average Bonchev–Trinajstić information content (AvgIpc) is 2.73. The standard InChI is InChI=1S/C21H20F5N3O2/c1-5-9-7(3)19(27)13-11(12-14(22)16(24)18(26)17(25)15(12)23)10(21(30)31-6-2)8(4)28-20(13)29-9/h11H,5-6H2,1-4H3,(H3,27,28,29). The van der Waals surface area contributed by atoms with Gasteiger partial charge in [0.05, 0.1) is 18.1 Å². The third-order valence-corrected chi connectivity index (χ3v) is 5.28. The van der Waals surface area contributed by atoms with Gasteiger partial charge in [-0.15, -0.1) is 0 Å². The van der Waals surface area contributed by atoms with E-state index in [4.69, 9.17) is 10.5 Å². The molecule has 10 heteroatoms. The van der Waals surface area contributed by atoms with Crippen LogP contribution in [0.15, 0.2) is 11.3 Å². The second kappa shape index (κ2) is 8.16. The smallest absolute Gasteiger partial charge is 0.336 e. The van der Waals surface area contributed by atoms with Crippen molar-refractivity contribution in [1.82, 2.24) is 4.98 Å². The number of ether oxygens (including phenoxy) is 1. The lowest BCUT2D eigenvalue weighted by Gasteiger charge is -2.32. The van der Waals surface area contributed by atoms with Crippen LogP contribution in [0.5, 0.6) is 0 Å². The molecule has 1 aliphatic heterocycles. The van der Waals surface area contributed by atoms with E-state index in [-0.39, 0.29) is 34.9 Å². The maximum Gasteiger partial charge on any atom is 0.336 e. The lowest BCUT2D eigenvalue weighted by molar-refractivity contribution is -0.138. The van der Waals surface area contributed by atoms with Crippen LogP contribution in [0.3, 0.4) is 0 Å². The highest BCUT2D eigenvalue weighted by Crippen LogP contribution is 2.47. The van der Waals surface area contributed by atoms with E-state index >= 15 is 0 Å². The van der Waals surface area contributed by atoms with Gasteiger partial charge in [-0.25, -0.2) is 31.7 Å². The van der Waals surface area contributed by atoms with E-state index < -0.39 is 46.5 Å². The molecule has 0 saturated heterocycles. The monoisotopic (exact) mass is 441 g/mol. The number of hydrogen-bond donors (Lipinski definition) is 2. The van der Waals surface area contributed by atoms with E-state index in [2.05, 4.69) is 10.3 Å². The first-order valence-corrected chi connectivity index (χ1v) is 9.51. The summed E-state index contributed by atoms with van der Waals surface area (Å²) in [7, 11) is 0. The number of anilines is 2. The minimum atomic E-state index is -2.30. The first-order valence-electron chi connectivity index (χ1n) is 9.51. The number of allylic oxidation sites excluding steroid dienone is 1. The number of nitrogens with one attached hydrogen (secondary N) is 1. The van der Waals surface area contributed by atoms with E-state index in [0.717, 1.165) is 0 Å². The molecular formula is C21H20F5N3O2. The van der Waals surface area contributed by atoms with Crippen LogP contribution in [0, 0.1) is 36.0 Å². The van der Waals surface area contributed by atoms with Crippen LogP contribution >= 0.6 is 0 Å². The molecule has 1 aromatic heterocycles. The van der Waals surface area contributed by atoms with Crippen LogP contribution in [0.2, 0.25) is 0 Å². The van der Waals surface area contributed by atoms with Crippen molar-refractivity contribution in [3.63, 3.8) is 0 Å². The molecule has 1 atom stereocenters. The number of nitrogen functional groups attached to an aromatic ring is 1. The summed E-state index contributed by atoms with van der Waals surface area (Å²) in [5, 5.41) is 2.85. The lowest BCUT2D eigenvalue weighted by atomic mass is 9.79. The van der Waals surface area contributed by atoms with Crippen LogP contribution in [-0.4, -0.2) is 17.6 Å². The highest BCUT2D eigenvalue weighted by molar-refractivity contribution is 5.95. The number of fused-ring (bicyclic) bond motifs is 1. The number of halogens is 5. The molecule has 1 aromatic carbocycles. The highest BCUT2D eigenvalue weighted by atomic mass is 19.2. The molecule has 1 aliphatic rings. The molecule has 0 saturated carbocycles.